The van der Waals surface area contributed by atoms with Crippen LogP contribution in [-0.2, 0) is 0 Å². The molecule has 1 unspecified atom stereocenters. The molecule has 1 fully saturated rings. The molecule has 5 heteroatoms. The molecule has 1 amide bonds. The van der Waals surface area contributed by atoms with Crippen LogP contribution < -0.4 is 5.32 Å². The van der Waals surface area contributed by atoms with Crippen LogP contribution in [0, 0.1) is 11.6 Å². The Morgan fingerprint density at radius 1 is 1.35 bits per heavy atom. The highest BCUT2D eigenvalue weighted by atomic mass is 19.1. The molecule has 1 aromatic carbocycles. The number of likely N-dealkylation sites (tertiary alicyclic amines) is 1. The van der Waals surface area contributed by atoms with Gasteiger partial charge in [0.05, 0.1) is 0 Å². The van der Waals surface area contributed by atoms with Crippen molar-refractivity contribution in [3.63, 3.8) is 0 Å². The smallest absolute Gasteiger partial charge is 0.254 e. The molecule has 0 saturated carbocycles. The Bertz CT molecular complexity index is 482. The number of carbonyl (C=O) groups is 1. The third-order valence-electron chi connectivity index (χ3n) is 3.75. The van der Waals surface area contributed by atoms with E-state index in [-0.39, 0.29) is 23.2 Å². The lowest BCUT2D eigenvalue weighted by Gasteiger charge is -2.24. The van der Waals surface area contributed by atoms with E-state index < -0.39 is 11.6 Å². The summed E-state index contributed by atoms with van der Waals surface area (Å²) < 4.78 is 27.7. The van der Waals surface area contributed by atoms with Gasteiger partial charge in [0.15, 0.2) is 0 Å². The van der Waals surface area contributed by atoms with Crippen LogP contribution in [0.15, 0.2) is 12.1 Å². The highest BCUT2D eigenvalue weighted by molar-refractivity contribution is 5.95. The minimum Gasteiger partial charge on any atom is -0.381 e. The van der Waals surface area contributed by atoms with E-state index in [1.807, 2.05) is 6.92 Å². The summed E-state index contributed by atoms with van der Waals surface area (Å²) in [7, 11) is 0. The average molecular weight is 282 g/mol. The minimum absolute atomic E-state index is 0.0852. The second-order valence-electron chi connectivity index (χ2n) is 5.05. The van der Waals surface area contributed by atoms with Gasteiger partial charge < -0.3 is 10.2 Å². The van der Waals surface area contributed by atoms with Crippen LogP contribution in [0.2, 0.25) is 0 Å². The predicted octanol–water partition coefficient (Wildman–Crippen LogP) is 3.41. The maximum Gasteiger partial charge on any atom is 0.254 e. The van der Waals surface area contributed by atoms with Crippen LogP contribution in [0.5, 0.6) is 0 Å². The molecule has 1 aliphatic rings. The number of nitrogens with zero attached hydrogens (tertiary/aromatic N) is 1. The third kappa shape index (κ3) is 2.76. The molecule has 0 aromatic heterocycles. The quantitative estimate of drug-likeness (QED) is 0.918. The number of carbonyl (C=O) groups excluding carboxylic acids is 1. The van der Waals surface area contributed by atoms with E-state index in [0.717, 1.165) is 31.4 Å². The monoisotopic (exact) mass is 282 g/mol. The SMILES string of the molecule is CCNc1c(F)cc(C(=O)N2CCCC2CC)cc1F. The largest absolute Gasteiger partial charge is 0.381 e. The number of hydrogen-bond donors (Lipinski definition) is 1. The third-order valence-corrected chi connectivity index (χ3v) is 3.75. The van der Waals surface area contributed by atoms with E-state index in [9.17, 15) is 13.6 Å². The minimum atomic E-state index is -0.720. The van der Waals surface area contributed by atoms with Gasteiger partial charge in [0.25, 0.3) is 5.91 Å². The highest BCUT2D eigenvalue weighted by Gasteiger charge is 2.29. The van der Waals surface area contributed by atoms with Crippen LogP contribution in [-0.4, -0.2) is 29.9 Å². The molecule has 0 spiro atoms. The Labute approximate surface area is 118 Å². The Morgan fingerprint density at radius 3 is 2.55 bits per heavy atom. The van der Waals surface area contributed by atoms with Crippen molar-refractivity contribution in [2.45, 2.75) is 39.2 Å². The number of hydrogen-bond acceptors (Lipinski definition) is 2. The number of benzene rings is 1. The van der Waals surface area contributed by atoms with Gasteiger partial charge >= 0.3 is 0 Å². The zero-order valence-corrected chi connectivity index (χ0v) is 11.9. The standard InChI is InChI=1S/C15H20F2N2O/c1-3-11-6-5-7-19(11)15(20)10-8-12(16)14(18-4-2)13(17)9-10/h8-9,11,18H,3-7H2,1-2H3. The van der Waals surface area contributed by atoms with E-state index in [1.165, 1.54) is 0 Å². The van der Waals surface area contributed by atoms with Crippen molar-refractivity contribution < 1.29 is 13.6 Å². The molecule has 0 aliphatic carbocycles. The molecular formula is C15H20F2N2O. The van der Waals surface area contributed by atoms with E-state index in [0.29, 0.717) is 13.1 Å². The van der Waals surface area contributed by atoms with Gasteiger partial charge in [0.1, 0.15) is 17.3 Å². The first-order valence-corrected chi connectivity index (χ1v) is 7.12. The van der Waals surface area contributed by atoms with Crippen molar-refractivity contribution >= 4 is 11.6 Å². The maximum atomic E-state index is 13.9. The Kier molecular flexibility index (Phi) is 4.57. The van der Waals surface area contributed by atoms with Crippen molar-refractivity contribution in [1.29, 1.82) is 0 Å². The molecule has 2 rings (SSSR count). The molecule has 1 atom stereocenters. The van der Waals surface area contributed by atoms with E-state index >= 15 is 0 Å². The fourth-order valence-electron chi connectivity index (χ4n) is 2.74. The second-order valence-corrected chi connectivity index (χ2v) is 5.05. The van der Waals surface area contributed by atoms with Crippen molar-refractivity contribution in [3.05, 3.63) is 29.3 Å². The van der Waals surface area contributed by atoms with Gasteiger partial charge in [-0.1, -0.05) is 6.92 Å². The fraction of sp³-hybridized carbons (Fsp3) is 0.533. The van der Waals surface area contributed by atoms with Gasteiger partial charge in [-0.15, -0.1) is 0 Å². The molecule has 1 aromatic rings. The van der Waals surface area contributed by atoms with Gasteiger partial charge in [-0.25, -0.2) is 8.78 Å². The van der Waals surface area contributed by atoms with E-state index in [4.69, 9.17) is 0 Å². The Morgan fingerprint density at radius 2 is 2.00 bits per heavy atom. The second kappa shape index (κ2) is 6.20. The van der Waals surface area contributed by atoms with Crippen LogP contribution in [0.3, 0.4) is 0 Å². The van der Waals surface area contributed by atoms with Gasteiger partial charge in [-0.05, 0) is 38.3 Å². The lowest BCUT2D eigenvalue weighted by atomic mass is 10.1. The first kappa shape index (κ1) is 14.8. The molecule has 110 valence electrons. The molecule has 0 radical (unpaired) electrons. The summed E-state index contributed by atoms with van der Waals surface area (Å²) in [5, 5.41) is 2.62. The summed E-state index contributed by atoms with van der Waals surface area (Å²) in [6.45, 7) is 4.86. The van der Waals surface area contributed by atoms with Gasteiger partial charge in [0.2, 0.25) is 0 Å². The lowest BCUT2D eigenvalue weighted by molar-refractivity contribution is 0.0732. The summed E-state index contributed by atoms with van der Waals surface area (Å²) in [6, 6.07) is 2.42. The fourth-order valence-corrected chi connectivity index (χ4v) is 2.74. The number of nitrogens with one attached hydrogen (secondary N) is 1. The Hall–Kier alpha value is -1.65. The average Bonchev–Trinajstić information content (AvgIpc) is 2.90. The van der Waals surface area contributed by atoms with Crippen LogP contribution >= 0.6 is 0 Å². The van der Waals surface area contributed by atoms with Gasteiger partial charge in [-0.2, -0.15) is 0 Å². The predicted molar refractivity (Wildman–Crippen MR) is 74.9 cm³/mol. The lowest BCUT2D eigenvalue weighted by Crippen LogP contribution is -2.35. The zero-order chi connectivity index (χ0) is 14.7. The molecule has 1 aliphatic heterocycles. The highest BCUT2D eigenvalue weighted by Crippen LogP contribution is 2.25. The molecule has 1 heterocycles. The number of amides is 1. The van der Waals surface area contributed by atoms with Gasteiger partial charge in [-0.3, -0.25) is 4.79 Å². The first-order valence-electron chi connectivity index (χ1n) is 7.12. The van der Waals surface area contributed by atoms with Gasteiger partial charge in [0, 0.05) is 24.7 Å². The zero-order valence-electron chi connectivity index (χ0n) is 11.9. The maximum absolute atomic E-state index is 13.9. The van der Waals surface area contributed by atoms with Crippen LogP contribution in [0.4, 0.5) is 14.5 Å². The Balaban J connectivity index is 2.27. The van der Waals surface area contributed by atoms with E-state index in [1.54, 1.807) is 11.8 Å². The van der Waals surface area contributed by atoms with Crippen LogP contribution in [0.25, 0.3) is 0 Å². The summed E-state index contributed by atoms with van der Waals surface area (Å²) in [4.78, 5) is 14.1. The molecule has 1 N–H and O–H groups in total. The molecule has 3 nitrogen and oxygen atoms in total. The number of halogens is 2. The first-order chi connectivity index (χ1) is 9.58. The number of rotatable bonds is 4. The topological polar surface area (TPSA) is 32.3 Å². The van der Waals surface area contributed by atoms with Crippen molar-refractivity contribution in [2.24, 2.45) is 0 Å². The number of anilines is 1. The molecular weight excluding hydrogens is 262 g/mol. The summed E-state index contributed by atoms with van der Waals surface area (Å²) in [6.07, 6.45) is 2.78. The van der Waals surface area contributed by atoms with Crippen molar-refractivity contribution in [3.8, 4) is 0 Å². The summed E-state index contributed by atoms with van der Waals surface area (Å²) in [5.41, 5.74) is -0.0838. The molecule has 0 bridgehead atoms. The van der Waals surface area contributed by atoms with Crippen LogP contribution in [0.1, 0.15) is 43.5 Å². The molecule has 1 saturated heterocycles. The van der Waals surface area contributed by atoms with E-state index in [2.05, 4.69) is 5.32 Å². The summed E-state index contributed by atoms with van der Waals surface area (Å²) >= 11 is 0. The van der Waals surface area contributed by atoms with Crippen molar-refractivity contribution in [1.82, 2.24) is 4.90 Å². The molecule has 20 heavy (non-hydrogen) atoms. The summed E-state index contributed by atoms with van der Waals surface area (Å²) in [5.74, 6) is -1.72. The van der Waals surface area contributed by atoms with Crippen molar-refractivity contribution in [2.75, 3.05) is 18.4 Å². The normalized spacial score (nSPS) is 18.4.